The third-order valence-electron chi connectivity index (χ3n) is 9.66. The van der Waals surface area contributed by atoms with Crippen LogP contribution < -0.4 is 19.3 Å². The minimum atomic E-state index is -0.499. The molecule has 0 atom stereocenters. The Morgan fingerprint density at radius 2 is 0.867 bits per heavy atom. The first-order chi connectivity index (χ1) is 22.3. The van der Waals surface area contributed by atoms with Crippen molar-refractivity contribution in [3.05, 3.63) is 179 Å². The second kappa shape index (κ2) is 10.3. The largest absolute Gasteiger partial charge is 0.473 e. The van der Waals surface area contributed by atoms with Crippen LogP contribution in [0.2, 0.25) is 0 Å². The van der Waals surface area contributed by atoms with Gasteiger partial charge in [0.2, 0.25) is 0 Å². The number of hydrogen-bond donors (Lipinski definition) is 0. The average molecular weight is 585 g/mol. The lowest BCUT2D eigenvalue weighted by Crippen LogP contribution is -2.34. The van der Waals surface area contributed by atoms with E-state index in [0.29, 0.717) is 13.5 Å². The smallest absolute Gasteiger partial charge is 0.161 e. The normalized spacial score (nSPS) is 15.6. The summed E-state index contributed by atoms with van der Waals surface area (Å²) in [5.74, 6) is 1.91. The van der Waals surface area contributed by atoms with Crippen LogP contribution in [0.25, 0.3) is 11.1 Å². The fraction of sp³-hybridized carbons (Fsp3) is 0.122. The molecule has 4 heteroatoms. The maximum atomic E-state index is 6.32. The first-order valence-electron chi connectivity index (χ1n) is 15.6. The standard InChI is InChI=1S/C41H32N2O2/c1-3-11-33(12-4-1)42-25-29-23-31(19-21-39(29)44-27-42)41(37-17-9-7-15-35(37)36-16-8-10-18-38(36)41)32-20-22-40-30(24-32)26-43(28-45-40)34-13-5-2-6-14-34/h1-24H,25-28H2. The summed E-state index contributed by atoms with van der Waals surface area (Å²) < 4.78 is 12.6. The number of rotatable bonds is 4. The minimum absolute atomic E-state index is 0.499. The number of benzene rings is 6. The molecule has 0 saturated carbocycles. The van der Waals surface area contributed by atoms with E-state index < -0.39 is 5.41 Å². The molecule has 2 heterocycles. The predicted octanol–water partition coefficient (Wildman–Crippen LogP) is 8.76. The van der Waals surface area contributed by atoms with Gasteiger partial charge in [-0.15, -0.1) is 0 Å². The zero-order chi connectivity index (χ0) is 29.8. The van der Waals surface area contributed by atoms with Crippen molar-refractivity contribution < 1.29 is 9.47 Å². The molecule has 0 unspecified atom stereocenters. The maximum absolute atomic E-state index is 6.32. The fourth-order valence-electron chi connectivity index (χ4n) is 7.58. The van der Waals surface area contributed by atoms with E-state index in [0.717, 1.165) is 36.0 Å². The van der Waals surface area contributed by atoms with Crippen molar-refractivity contribution >= 4 is 11.4 Å². The Morgan fingerprint density at radius 3 is 1.33 bits per heavy atom. The van der Waals surface area contributed by atoms with Crippen LogP contribution in [0.15, 0.2) is 146 Å². The Hall–Kier alpha value is -5.48. The van der Waals surface area contributed by atoms with Crippen LogP contribution in [0, 0.1) is 0 Å². The quantitative estimate of drug-likeness (QED) is 0.207. The highest BCUT2D eigenvalue weighted by molar-refractivity contribution is 5.86. The molecule has 0 radical (unpaired) electrons. The van der Waals surface area contributed by atoms with Gasteiger partial charge in [0.1, 0.15) is 11.5 Å². The van der Waals surface area contributed by atoms with E-state index in [9.17, 15) is 0 Å². The topological polar surface area (TPSA) is 24.9 Å². The summed E-state index contributed by atoms with van der Waals surface area (Å²) in [5.41, 5.74) is 11.9. The van der Waals surface area contributed by atoms with E-state index in [1.807, 2.05) is 0 Å². The van der Waals surface area contributed by atoms with Gasteiger partial charge in [0.25, 0.3) is 0 Å². The third kappa shape index (κ3) is 4.06. The fourth-order valence-corrected chi connectivity index (χ4v) is 7.58. The number of para-hydroxylation sites is 2. The van der Waals surface area contributed by atoms with Crippen molar-refractivity contribution in [1.29, 1.82) is 0 Å². The van der Waals surface area contributed by atoms with E-state index in [2.05, 4.69) is 155 Å². The summed E-state index contributed by atoms with van der Waals surface area (Å²) in [6.07, 6.45) is 0. The van der Waals surface area contributed by atoms with E-state index in [4.69, 9.17) is 9.47 Å². The van der Waals surface area contributed by atoms with Crippen molar-refractivity contribution in [3.63, 3.8) is 0 Å². The summed E-state index contributed by atoms with van der Waals surface area (Å²) in [6.45, 7) is 2.65. The second-order valence-corrected chi connectivity index (χ2v) is 12.1. The molecular weight excluding hydrogens is 552 g/mol. The zero-order valence-corrected chi connectivity index (χ0v) is 24.9. The van der Waals surface area contributed by atoms with Gasteiger partial charge in [-0.2, -0.15) is 0 Å². The predicted molar refractivity (Wildman–Crippen MR) is 180 cm³/mol. The van der Waals surface area contributed by atoms with Gasteiger partial charge in [-0.05, 0) is 81.9 Å². The lowest BCUT2D eigenvalue weighted by molar-refractivity contribution is 0.289. The third-order valence-corrected chi connectivity index (χ3v) is 9.66. The van der Waals surface area contributed by atoms with Crippen molar-refractivity contribution in [2.45, 2.75) is 18.5 Å². The first kappa shape index (κ1) is 26.0. The average Bonchev–Trinajstić information content (AvgIpc) is 3.42. The monoisotopic (exact) mass is 584 g/mol. The molecule has 0 saturated heterocycles. The highest BCUT2D eigenvalue weighted by atomic mass is 16.5. The van der Waals surface area contributed by atoms with Crippen LogP contribution >= 0.6 is 0 Å². The summed E-state index contributed by atoms with van der Waals surface area (Å²) in [5, 5.41) is 0. The van der Waals surface area contributed by atoms with E-state index in [-0.39, 0.29) is 0 Å². The van der Waals surface area contributed by atoms with Gasteiger partial charge in [0.15, 0.2) is 13.5 Å². The van der Waals surface area contributed by atoms with Crippen LogP contribution in [-0.2, 0) is 18.5 Å². The van der Waals surface area contributed by atoms with Gasteiger partial charge in [-0.25, -0.2) is 0 Å². The van der Waals surface area contributed by atoms with Crippen molar-refractivity contribution in [1.82, 2.24) is 0 Å². The van der Waals surface area contributed by atoms with Crippen LogP contribution in [-0.4, -0.2) is 13.5 Å². The summed E-state index contributed by atoms with van der Waals surface area (Å²) in [7, 11) is 0. The van der Waals surface area contributed by atoms with E-state index in [1.54, 1.807) is 0 Å². The zero-order valence-electron chi connectivity index (χ0n) is 24.9. The molecule has 1 aliphatic carbocycles. The molecule has 6 aromatic rings. The lowest BCUT2D eigenvalue weighted by Gasteiger charge is -2.37. The maximum Gasteiger partial charge on any atom is 0.161 e. The highest BCUT2D eigenvalue weighted by Crippen LogP contribution is 2.57. The van der Waals surface area contributed by atoms with Gasteiger partial charge in [-0.1, -0.05) is 97.1 Å². The molecule has 0 spiro atoms. The Labute approximate surface area is 263 Å². The summed E-state index contributed by atoms with van der Waals surface area (Å²) in [6, 6.07) is 52.6. The van der Waals surface area contributed by atoms with Gasteiger partial charge in [0.05, 0.1) is 5.41 Å². The van der Waals surface area contributed by atoms with Crippen molar-refractivity contribution in [3.8, 4) is 22.6 Å². The highest BCUT2D eigenvalue weighted by Gasteiger charge is 2.46. The summed E-state index contributed by atoms with van der Waals surface area (Å²) >= 11 is 0. The van der Waals surface area contributed by atoms with Crippen molar-refractivity contribution in [2.75, 3.05) is 23.3 Å². The molecule has 4 nitrogen and oxygen atoms in total. The molecular formula is C41H32N2O2. The SMILES string of the molecule is c1ccc(N2COc3ccc(C4(c5ccc6c(c5)CN(c5ccccc5)CO6)c5ccccc5-c5ccccc54)cc3C2)cc1. The molecule has 0 aromatic heterocycles. The van der Waals surface area contributed by atoms with Crippen LogP contribution in [0.1, 0.15) is 33.4 Å². The summed E-state index contributed by atoms with van der Waals surface area (Å²) in [4.78, 5) is 4.59. The number of hydrogen-bond acceptors (Lipinski definition) is 4. The molecule has 9 rings (SSSR count). The molecule has 0 N–H and O–H groups in total. The second-order valence-electron chi connectivity index (χ2n) is 12.1. The van der Waals surface area contributed by atoms with E-state index >= 15 is 0 Å². The molecule has 3 aliphatic rings. The number of anilines is 2. The Morgan fingerprint density at radius 1 is 0.444 bits per heavy atom. The Balaban J connectivity index is 1.23. The molecule has 6 aromatic carbocycles. The molecule has 218 valence electrons. The van der Waals surface area contributed by atoms with Crippen LogP contribution in [0.5, 0.6) is 11.5 Å². The molecule has 45 heavy (non-hydrogen) atoms. The molecule has 0 fully saturated rings. The van der Waals surface area contributed by atoms with Gasteiger partial charge < -0.3 is 19.3 Å². The number of fused-ring (bicyclic) bond motifs is 5. The molecule has 0 amide bonds. The minimum Gasteiger partial charge on any atom is -0.473 e. The Kier molecular flexibility index (Phi) is 5.95. The first-order valence-corrected chi connectivity index (χ1v) is 15.6. The molecule has 2 aliphatic heterocycles. The van der Waals surface area contributed by atoms with E-state index in [1.165, 1.54) is 44.5 Å². The lowest BCUT2D eigenvalue weighted by atomic mass is 9.67. The van der Waals surface area contributed by atoms with Crippen LogP contribution in [0.3, 0.4) is 0 Å². The van der Waals surface area contributed by atoms with Crippen LogP contribution in [0.4, 0.5) is 11.4 Å². The van der Waals surface area contributed by atoms with Gasteiger partial charge in [-0.3, -0.25) is 0 Å². The Bertz CT molecular complexity index is 1890. The molecule has 0 bridgehead atoms. The van der Waals surface area contributed by atoms with Crippen molar-refractivity contribution in [2.24, 2.45) is 0 Å². The van der Waals surface area contributed by atoms with Gasteiger partial charge >= 0.3 is 0 Å². The number of nitrogens with zero attached hydrogens (tertiary/aromatic N) is 2. The number of ether oxygens (including phenoxy) is 2. The van der Waals surface area contributed by atoms with Gasteiger partial charge in [0, 0.05) is 35.6 Å².